The fourth-order valence-electron chi connectivity index (χ4n) is 0.695. The second-order valence-electron chi connectivity index (χ2n) is 2.51. The van der Waals surface area contributed by atoms with Crippen LogP contribution < -0.4 is 0 Å². The Morgan fingerprint density at radius 2 is 2.33 bits per heavy atom. The van der Waals surface area contributed by atoms with Gasteiger partial charge in [0.1, 0.15) is 0 Å². The quantitative estimate of drug-likeness (QED) is 0.491. The van der Waals surface area contributed by atoms with Crippen LogP contribution in [0.2, 0.25) is 0 Å². The molecule has 0 unspecified atom stereocenters. The molecule has 1 aliphatic carbocycles. The number of rotatable bonds is 4. The van der Waals surface area contributed by atoms with Gasteiger partial charge in [-0.25, -0.2) is 0 Å². The minimum atomic E-state index is 0.538. The van der Waals surface area contributed by atoms with Gasteiger partial charge in [-0.2, -0.15) is 0 Å². The van der Waals surface area contributed by atoms with Crippen LogP contribution in [0.15, 0.2) is 0 Å². The highest BCUT2D eigenvalue weighted by molar-refractivity contribution is 9.09. The molecule has 1 fully saturated rings. The number of hydrogen-bond acceptors (Lipinski definition) is 1. The molecule has 1 aliphatic rings. The molecule has 0 aromatic heterocycles. The summed E-state index contributed by atoms with van der Waals surface area (Å²) in [5.74, 6) is 0. The molecule has 0 N–H and O–H groups in total. The first-order valence-electron chi connectivity index (χ1n) is 3.60. The van der Waals surface area contributed by atoms with Crippen LogP contribution in [0.25, 0.3) is 0 Å². The highest BCUT2D eigenvalue weighted by atomic mass is 79.9. The van der Waals surface area contributed by atoms with Crippen LogP contribution in [0.1, 0.15) is 26.2 Å². The Morgan fingerprint density at radius 3 is 2.78 bits per heavy atom. The first kappa shape index (κ1) is 7.55. The van der Waals surface area contributed by atoms with E-state index in [-0.39, 0.29) is 0 Å². The van der Waals surface area contributed by atoms with E-state index in [4.69, 9.17) is 4.74 Å². The smallest absolute Gasteiger partial charge is 0.0712 e. The molecule has 2 heteroatoms. The first-order valence-corrected chi connectivity index (χ1v) is 4.52. The number of halogens is 1. The number of ether oxygens (including phenoxy) is 1. The van der Waals surface area contributed by atoms with E-state index in [0.717, 1.165) is 6.61 Å². The summed E-state index contributed by atoms with van der Waals surface area (Å²) in [6, 6.07) is 0. The third-order valence-electron chi connectivity index (χ3n) is 1.49. The predicted octanol–water partition coefficient (Wildman–Crippen LogP) is 2.34. The fourth-order valence-corrected chi connectivity index (χ4v) is 1.22. The van der Waals surface area contributed by atoms with Crippen LogP contribution in [0.3, 0.4) is 0 Å². The average Bonchev–Trinajstić information content (AvgIpc) is 2.48. The van der Waals surface area contributed by atoms with Gasteiger partial charge in [0.05, 0.1) is 6.10 Å². The van der Waals surface area contributed by atoms with Crippen LogP contribution >= 0.6 is 15.9 Å². The second kappa shape index (κ2) is 3.57. The van der Waals surface area contributed by atoms with Crippen LogP contribution in [-0.2, 0) is 4.74 Å². The van der Waals surface area contributed by atoms with E-state index < -0.39 is 0 Å². The van der Waals surface area contributed by atoms with E-state index in [9.17, 15) is 0 Å². The van der Waals surface area contributed by atoms with Crippen molar-refractivity contribution < 1.29 is 4.74 Å². The maximum atomic E-state index is 5.46. The third-order valence-corrected chi connectivity index (χ3v) is 2.45. The van der Waals surface area contributed by atoms with Gasteiger partial charge in [-0.05, 0) is 12.8 Å². The van der Waals surface area contributed by atoms with E-state index in [1.165, 1.54) is 19.3 Å². The van der Waals surface area contributed by atoms with Crippen LogP contribution in [0.4, 0.5) is 0 Å². The van der Waals surface area contributed by atoms with E-state index in [1.54, 1.807) is 0 Å². The van der Waals surface area contributed by atoms with Crippen molar-refractivity contribution in [3.63, 3.8) is 0 Å². The lowest BCUT2D eigenvalue weighted by atomic mass is 10.4. The molecule has 1 nitrogen and oxygen atoms in total. The van der Waals surface area contributed by atoms with Crippen LogP contribution in [0, 0.1) is 0 Å². The Balaban J connectivity index is 1.83. The lowest BCUT2D eigenvalue weighted by molar-refractivity contribution is 0.118. The van der Waals surface area contributed by atoms with Gasteiger partial charge in [0.15, 0.2) is 0 Å². The second-order valence-corrected chi connectivity index (χ2v) is 3.69. The molecule has 0 aliphatic heterocycles. The molecule has 0 aromatic carbocycles. The SMILES string of the molecule is CCCCO[C@@H]1C[C@@H]1Br. The van der Waals surface area contributed by atoms with Crippen molar-refractivity contribution in [2.75, 3.05) is 6.61 Å². The molecule has 0 bridgehead atoms. The normalized spacial score (nSPS) is 32.7. The van der Waals surface area contributed by atoms with Crippen molar-refractivity contribution in [1.29, 1.82) is 0 Å². The molecular weight excluding hydrogens is 180 g/mol. The van der Waals surface area contributed by atoms with Gasteiger partial charge in [-0.3, -0.25) is 0 Å². The third kappa shape index (κ3) is 2.67. The summed E-state index contributed by atoms with van der Waals surface area (Å²) in [6.07, 6.45) is 4.19. The zero-order valence-electron chi connectivity index (χ0n) is 5.77. The van der Waals surface area contributed by atoms with E-state index in [2.05, 4.69) is 22.9 Å². The van der Waals surface area contributed by atoms with Crippen molar-refractivity contribution in [1.82, 2.24) is 0 Å². The Bertz CT molecular complexity index is 85.0. The Morgan fingerprint density at radius 1 is 1.67 bits per heavy atom. The highest BCUT2D eigenvalue weighted by Gasteiger charge is 2.35. The Hall–Kier alpha value is 0.440. The van der Waals surface area contributed by atoms with Crippen molar-refractivity contribution in [2.24, 2.45) is 0 Å². The van der Waals surface area contributed by atoms with Crippen molar-refractivity contribution in [2.45, 2.75) is 37.1 Å². The molecule has 0 saturated heterocycles. The Kier molecular flexibility index (Phi) is 2.99. The molecule has 2 atom stereocenters. The largest absolute Gasteiger partial charge is 0.377 e. The average molecular weight is 193 g/mol. The molecule has 0 spiro atoms. The van der Waals surface area contributed by atoms with Gasteiger partial charge in [0.25, 0.3) is 0 Å². The van der Waals surface area contributed by atoms with Gasteiger partial charge < -0.3 is 4.74 Å². The molecule has 1 saturated carbocycles. The molecule has 0 radical (unpaired) electrons. The fraction of sp³-hybridized carbons (Fsp3) is 1.00. The molecule has 0 amide bonds. The first-order chi connectivity index (χ1) is 4.34. The minimum Gasteiger partial charge on any atom is -0.377 e. The summed E-state index contributed by atoms with van der Waals surface area (Å²) < 4.78 is 5.46. The number of unbranched alkanes of at least 4 members (excludes halogenated alkanes) is 1. The summed E-state index contributed by atoms with van der Waals surface area (Å²) in [4.78, 5) is 0.661. The van der Waals surface area contributed by atoms with Gasteiger partial charge in [0, 0.05) is 11.4 Å². The zero-order chi connectivity index (χ0) is 6.69. The monoisotopic (exact) mass is 192 g/mol. The molecule has 9 heavy (non-hydrogen) atoms. The molecule has 1 rings (SSSR count). The van der Waals surface area contributed by atoms with Crippen LogP contribution in [0.5, 0.6) is 0 Å². The summed E-state index contributed by atoms with van der Waals surface area (Å²) in [7, 11) is 0. The molecular formula is C7H13BrO. The van der Waals surface area contributed by atoms with Gasteiger partial charge in [-0.15, -0.1) is 0 Å². The summed E-state index contributed by atoms with van der Waals surface area (Å²) in [5.41, 5.74) is 0. The Labute approximate surface area is 64.9 Å². The number of hydrogen-bond donors (Lipinski definition) is 0. The van der Waals surface area contributed by atoms with Crippen molar-refractivity contribution >= 4 is 15.9 Å². The van der Waals surface area contributed by atoms with Gasteiger partial charge >= 0.3 is 0 Å². The van der Waals surface area contributed by atoms with E-state index >= 15 is 0 Å². The van der Waals surface area contributed by atoms with Gasteiger partial charge in [0.2, 0.25) is 0 Å². The standard InChI is InChI=1S/C7H13BrO/c1-2-3-4-9-7-5-6(7)8/h6-7H,2-5H2,1H3/t6-,7+/m0/s1. The van der Waals surface area contributed by atoms with Gasteiger partial charge in [-0.1, -0.05) is 29.3 Å². The lowest BCUT2D eigenvalue weighted by Gasteiger charge is -1.98. The highest BCUT2D eigenvalue weighted by Crippen LogP contribution is 2.32. The van der Waals surface area contributed by atoms with E-state index in [1.807, 2.05) is 0 Å². The maximum Gasteiger partial charge on any atom is 0.0712 e. The lowest BCUT2D eigenvalue weighted by Crippen LogP contribution is -1.97. The number of alkyl halides is 1. The zero-order valence-corrected chi connectivity index (χ0v) is 7.36. The summed E-state index contributed by atoms with van der Waals surface area (Å²) >= 11 is 3.48. The van der Waals surface area contributed by atoms with Crippen molar-refractivity contribution in [3.8, 4) is 0 Å². The summed E-state index contributed by atoms with van der Waals surface area (Å²) in [5, 5.41) is 0. The maximum absolute atomic E-state index is 5.46. The molecule has 54 valence electrons. The van der Waals surface area contributed by atoms with Crippen LogP contribution in [-0.4, -0.2) is 17.5 Å². The van der Waals surface area contributed by atoms with Crippen molar-refractivity contribution in [3.05, 3.63) is 0 Å². The van der Waals surface area contributed by atoms with E-state index in [0.29, 0.717) is 10.9 Å². The minimum absolute atomic E-state index is 0.538. The molecule has 0 aromatic rings. The molecule has 0 heterocycles. The topological polar surface area (TPSA) is 9.23 Å². The predicted molar refractivity (Wildman–Crippen MR) is 42.0 cm³/mol. The summed E-state index contributed by atoms with van der Waals surface area (Å²) in [6.45, 7) is 3.13.